The Labute approximate surface area is 328 Å². The van der Waals surface area contributed by atoms with E-state index < -0.39 is 126 Å². The average Bonchev–Trinajstić information content (AvgIpc) is 4.03. The smallest absolute Gasteiger partial charge is 0.0652 e. The molecular formula is C48H30N2S. The van der Waals surface area contributed by atoms with Gasteiger partial charge in [-0.25, -0.2) is 0 Å². The van der Waals surface area contributed by atoms with E-state index in [1.807, 2.05) is 0 Å². The highest BCUT2D eigenvalue weighted by Crippen LogP contribution is 2.44. The second-order valence-electron chi connectivity index (χ2n) is 11.7. The van der Waals surface area contributed by atoms with Crippen molar-refractivity contribution in [3.05, 3.63) is 181 Å². The number of aromatic nitrogens is 2. The lowest BCUT2D eigenvalue weighted by molar-refractivity contribution is 1.18. The summed E-state index contributed by atoms with van der Waals surface area (Å²) in [7, 11) is 0. The molecule has 0 saturated heterocycles. The summed E-state index contributed by atoms with van der Waals surface area (Å²) in [6.07, 6.45) is 0. The molecule has 8 aromatic carbocycles. The topological polar surface area (TPSA) is 9.86 Å². The molecule has 11 aromatic rings. The summed E-state index contributed by atoms with van der Waals surface area (Å²) < 4.78 is 195. The third-order valence-corrected chi connectivity index (χ3v) is 9.98. The van der Waals surface area contributed by atoms with Crippen molar-refractivity contribution < 1.29 is 28.8 Å². The third-order valence-electron chi connectivity index (χ3n) is 8.85. The SMILES string of the molecule is [2H]c1ccc(-c2c([2H])c(-n3c4c([2H])c([2H])c([2H])cc4c4c([2H])c(-c5c([2H])c([2H])c6c(c5[2H])c5c([2H])c([2H])c([2H])c([2H])c5n6-c5ccccc5[2H])c([2H])c([2H])c43)c([2H])c3c2sc2c([2H])c([2H])c([2H])c([2H])c23)cc1. The van der Waals surface area contributed by atoms with E-state index in [1.165, 1.54) is 41.0 Å². The second kappa shape index (κ2) is 11.0. The molecule has 0 spiro atoms. The van der Waals surface area contributed by atoms with Crippen LogP contribution in [0, 0.1) is 0 Å². The fourth-order valence-electron chi connectivity index (χ4n) is 6.64. The Morgan fingerprint density at radius 2 is 1.06 bits per heavy atom. The van der Waals surface area contributed by atoms with Gasteiger partial charge in [-0.15, -0.1) is 11.3 Å². The number of benzene rings is 8. The highest BCUT2D eigenvalue weighted by molar-refractivity contribution is 7.26. The lowest BCUT2D eigenvalue weighted by Crippen LogP contribution is -1.95. The maximum absolute atomic E-state index is 9.96. The number of nitrogens with zero attached hydrogens (tertiary/aromatic N) is 2. The molecule has 0 aliphatic rings. The molecule has 3 aromatic heterocycles. The lowest BCUT2D eigenvalue weighted by atomic mass is 10.0. The van der Waals surface area contributed by atoms with Crippen LogP contribution < -0.4 is 0 Å². The minimum atomic E-state index is -0.816. The van der Waals surface area contributed by atoms with Crippen LogP contribution in [0.3, 0.4) is 0 Å². The van der Waals surface area contributed by atoms with Crippen LogP contribution >= 0.6 is 11.3 Å². The first-order chi connectivity index (χ1) is 34.0. The van der Waals surface area contributed by atoms with Crippen LogP contribution in [0.4, 0.5) is 0 Å². The quantitative estimate of drug-likeness (QED) is 0.174. The van der Waals surface area contributed by atoms with E-state index in [2.05, 4.69) is 0 Å². The van der Waals surface area contributed by atoms with Gasteiger partial charge in [-0.2, -0.15) is 0 Å². The summed E-state index contributed by atoms with van der Waals surface area (Å²) in [6.45, 7) is 0. The molecule has 0 fully saturated rings. The Hall–Kier alpha value is -6.42. The number of fused-ring (bicyclic) bond motifs is 9. The second-order valence-corrected chi connectivity index (χ2v) is 12.7. The van der Waals surface area contributed by atoms with Gasteiger partial charge in [0.1, 0.15) is 0 Å². The Balaban J connectivity index is 1.34. The zero-order chi connectivity index (χ0) is 51.7. The van der Waals surface area contributed by atoms with E-state index in [0.29, 0.717) is 5.56 Å². The summed E-state index contributed by atoms with van der Waals surface area (Å²) in [5.74, 6) is 0. The monoisotopic (exact) mass is 687 g/mol. The van der Waals surface area contributed by atoms with E-state index in [1.54, 1.807) is 12.1 Å². The minimum Gasteiger partial charge on any atom is -0.309 e. The summed E-state index contributed by atoms with van der Waals surface area (Å²) in [5, 5.41) is -1.05. The first-order valence-corrected chi connectivity index (χ1v) is 16.5. The molecule has 0 aliphatic heterocycles. The molecule has 3 heteroatoms. The fraction of sp³-hybridized carbons (Fsp3) is 0. The maximum atomic E-state index is 9.96. The predicted molar refractivity (Wildman–Crippen MR) is 219 cm³/mol. The molecule has 0 amide bonds. The summed E-state index contributed by atoms with van der Waals surface area (Å²) in [4.78, 5) is 0. The zero-order valence-corrected chi connectivity index (χ0v) is 26.8. The van der Waals surface area contributed by atoms with Gasteiger partial charge in [0, 0.05) is 58.7 Å². The molecule has 0 radical (unpaired) electrons. The van der Waals surface area contributed by atoms with Crippen molar-refractivity contribution >= 4 is 75.1 Å². The van der Waals surface area contributed by atoms with E-state index in [-0.39, 0.29) is 92.8 Å². The van der Waals surface area contributed by atoms with Crippen LogP contribution in [0.15, 0.2) is 181 Å². The number of hydrogen-bond acceptors (Lipinski definition) is 1. The molecule has 11 rings (SSSR count). The van der Waals surface area contributed by atoms with Crippen molar-refractivity contribution in [2.75, 3.05) is 0 Å². The summed E-state index contributed by atoms with van der Waals surface area (Å²) >= 11 is 0.917. The van der Waals surface area contributed by atoms with E-state index in [0.717, 1.165) is 22.0 Å². The van der Waals surface area contributed by atoms with Crippen LogP contribution in [0.2, 0.25) is 0 Å². The van der Waals surface area contributed by atoms with Crippen LogP contribution in [-0.4, -0.2) is 9.13 Å². The maximum Gasteiger partial charge on any atom is 0.0652 e. The summed E-state index contributed by atoms with van der Waals surface area (Å²) in [6, 6.07) is 1.55. The lowest BCUT2D eigenvalue weighted by Gasteiger charge is -2.13. The molecule has 3 heterocycles. The van der Waals surface area contributed by atoms with Gasteiger partial charge in [-0.1, -0.05) is 115 Å². The minimum absolute atomic E-state index is 0.0396. The number of hydrogen-bond donors (Lipinski definition) is 0. The molecule has 0 aliphatic carbocycles. The first kappa shape index (κ1) is 14.8. The van der Waals surface area contributed by atoms with Gasteiger partial charge in [0.15, 0.2) is 0 Å². The first-order valence-electron chi connectivity index (χ1n) is 26.2. The van der Waals surface area contributed by atoms with Crippen molar-refractivity contribution in [2.24, 2.45) is 0 Å². The largest absolute Gasteiger partial charge is 0.309 e. The molecule has 0 atom stereocenters. The van der Waals surface area contributed by atoms with Gasteiger partial charge in [-0.05, 0) is 83.2 Å². The number of thiophene rings is 1. The zero-order valence-electron chi connectivity index (χ0n) is 47.0. The van der Waals surface area contributed by atoms with Gasteiger partial charge in [-0.3, -0.25) is 0 Å². The van der Waals surface area contributed by atoms with E-state index in [9.17, 15) is 12.3 Å². The molecule has 0 saturated carbocycles. The normalized spacial score (nSPS) is 17.7. The van der Waals surface area contributed by atoms with Crippen LogP contribution in [0.5, 0.6) is 0 Å². The van der Waals surface area contributed by atoms with Crippen molar-refractivity contribution in [1.29, 1.82) is 0 Å². The summed E-state index contributed by atoms with van der Waals surface area (Å²) in [5.41, 5.74) is -2.13. The average molecular weight is 688 g/mol. The van der Waals surface area contributed by atoms with Crippen LogP contribution in [-0.2, 0) is 0 Å². The van der Waals surface area contributed by atoms with Crippen LogP contribution in [0.1, 0.15) is 28.8 Å². The van der Waals surface area contributed by atoms with Crippen molar-refractivity contribution in [3.8, 4) is 33.6 Å². The highest BCUT2D eigenvalue weighted by atomic mass is 32.1. The number of rotatable bonds is 4. The number of para-hydroxylation sites is 3. The molecular weight excluding hydrogens is 637 g/mol. The molecule has 2 nitrogen and oxygen atoms in total. The Kier molecular flexibility index (Phi) is 3.21. The Morgan fingerprint density at radius 3 is 1.86 bits per heavy atom. The fourth-order valence-corrected chi connectivity index (χ4v) is 7.73. The Morgan fingerprint density at radius 1 is 0.392 bits per heavy atom. The highest BCUT2D eigenvalue weighted by Gasteiger charge is 2.19. The molecule has 0 unspecified atom stereocenters. The van der Waals surface area contributed by atoms with Crippen molar-refractivity contribution in [2.45, 2.75) is 0 Å². The van der Waals surface area contributed by atoms with E-state index in [4.69, 9.17) is 16.4 Å². The predicted octanol–water partition coefficient (Wildman–Crippen LogP) is 13.6. The third kappa shape index (κ3) is 4.29. The standard InChI is InChI=1S/C48H30N2S/c1-3-13-31(14-4-1)39-29-35(30-42-38-19-9-12-22-47(38)51-48(39)42)50-44-21-11-8-18-37(44)41-28-33(24-26-46(41)50)32-23-25-45-40(27-32)36-17-7-10-20-43(36)49(45)34-15-5-2-6-16-34/h1-30H/i1D,7D,8D,9D,10D,11D,12D,15D,17D,19D,20D,21D,22D,23D,24D,25D,26D,27D,28D,29D,30D. The van der Waals surface area contributed by atoms with Crippen molar-refractivity contribution in [1.82, 2.24) is 9.13 Å². The van der Waals surface area contributed by atoms with Gasteiger partial charge in [0.25, 0.3) is 0 Å². The molecule has 51 heavy (non-hydrogen) atoms. The van der Waals surface area contributed by atoms with Gasteiger partial charge >= 0.3 is 0 Å². The van der Waals surface area contributed by atoms with Gasteiger partial charge in [0.2, 0.25) is 0 Å². The van der Waals surface area contributed by atoms with Crippen LogP contribution in [0.25, 0.3) is 97.4 Å². The Bertz CT molecular complexity index is 4340. The van der Waals surface area contributed by atoms with E-state index >= 15 is 0 Å². The van der Waals surface area contributed by atoms with Gasteiger partial charge < -0.3 is 9.13 Å². The van der Waals surface area contributed by atoms with Gasteiger partial charge in [0.05, 0.1) is 50.9 Å². The molecule has 0 bridgehead atoms. The van der Waals surface area contributed by atoms with Crippen molar-refractivity contribution in [3.63, 3.8) is 0 Å². The molecule has 0 N–H and O–H groups in total. The molecule has 238 valence electrons.